The minimum Gasteiger partial charge on any atom is -0.497 e. The summed E-state index contributed by atoms with van der Waals surface area (Å²) in [6, 6.07) is 11.7. The van der Waals surface area contributed by atoms with Crippen LogP contribution in [0.15, 0.2) is 36.4 Å². The van der Waals surface area contributed by atoms with Gasteiger partial charge < -0.3 is 19.3 Å². The molecule has 3 aromatic carbocycles. The van der Waals surface area contributed by atoms with Crippen molar-refractivity contribution in [3.8, 4) is 17.2 Å². The van der Waals surface area contributed by atoms with Gasteiger partial charge in [0.1, 0.15) is 5.75 Å². The van der Waals surface area contributed by atoms with Gasteiger partial charge in [0.05, 0.1) is 27.9 Å². The summed E-state index contributed by atoms with van der Waals surface area (Å²) in [5.74, 6) is 2.11. The van der Waals surface area contributed by atoms with E-state index in [0.29, 0.717) is 11.5 Å². The number of methoxy groups -OCH3 is 3. The molecule has 0 atom stereocenters. The van der Waals surface area contributed by atoms with Gasteiger partial charge in [0, 0.05) is 0 Å². The summed E-state index contributed by atoms with van der Waals surface area (Å²) in [6.07, 6.45) is 0. The molecule has 0 aromatic heterocycles. The predicted molar refractivity (Wildman–Crippen MR) is 87.0 cm³/mol. The van der Waals surface area contributed by atoms with Crippen LogP contribution in [0.3, 0.4) is 0 Å². The summed E-state index contributed by atoms with van der Waals surface area (Å²) < 4.78 is 16.0. The predicted octanol–water partition coefficient (Wildman–Crippen LogP) is 3.51. The first-order valence-electron chi connectivity index (χ1n) is 6.98. The van der Waals surface area contributed by atoms with E-state index >= 15 is 0 Å². The standard InChI is InChI=1S/C18H18O4/c1-20-13-4-5-14-11(7-13)6-12(10-19)15-8-17(21-2)18(22-3)9-16(14)15/h4-9,19H,10H2,1-3H3. The van der Waals surface area contributed by atoms with Crippen molar-refractivity contribution in [2.75, 3.05) is 21.3 Å². The first kappa shape index (κ1) is 14.5. The Hall–Kier alpha value is -2.46. The van der Waals surface area contributed by atoms with Crippen LogP contribution in [-0.2, 0) is 6.61 Å². The topological polar surface area (TPSA) is 47.9 Å². The van der Waals surface area contributed by atoms with Gasteiger partial charge >= 0.3 is 0 Å². The van der Waals surface area contributed by atoms with Crippen LogP contribution >= 0.6 is 0 Å². The third-order valence-electron chi connectivity index (χ3n) is 3.92. The molecule has 0 aliphatic rings. The summed E-state index contributed by atoms with van der Waals surface area (Å²) in [5.41, 5.74) is 0.844. The average Bonchev–Trinajstić information content (AvgIpc) is 2.58. The maximum Gasteiger partial charge on any atom is 0.161 e. The van der Waals surface area contributed by atoms with Crippen LogP contribution in [-0.4, -0.2) is 26.4 Å². The van der Waals surface area contributed by atoms with E-state index in [1.165, 1.54) is 0 Å². The molecule has 1 N–H and O–H groups in total. The zero-order valence-electron chi connectivity index (χ0n) is 12.8. The number of benzene rings is 3. The molecule has 3 rings (SSSR count). The number of hydrogen-bond donors (Lipinski definition) is 1. The largest absolute Gasteiger partial charge is 0.497 e. The third kappa shape index (κ3) is 2.22. The van der Waals surface area contributed by atoms with E-state index in [-0.39, 0.29) is 6.61 Å². The van der Waals surface area contributed by atoms with Gasteiger partial charge in [-0.25, -0.2) is 0 Å². The van der Waals surface area contributed by atoms with Crippen molar-refractivity contribution in [1.82, 2.24) is 0 Å². The monoisotopic (exact) mass is 298 g/mol. The Bertz CT molecular complexity index is 839. The summed E-state index contributed by atoms with van der Waals surface area (Å²) in [6.45, 7) is -0.0425. The van der Waals surface area contributed by atoms with Gasteiger partial charge in [-0.15, -0.1) is 0 Å². The molecule has 0 unspecified atom stereocenters. The molecule has 114 valence electrons. The molecule has 4 nitrogen and oxygen atoms in total. The van der Waals surface area contributed by atoms with Crippen LogP contribution in [0.5, 0.6) is 17.2 Å². The minimum atomic E-state index is -0.0425. The van der Waals surface area contributed by atoms with Gasteiger partial charge in [-0.3, -0.25) is 0 Å². The van der Waals surface area contributed by atoms with Crippen molar-refractivity contribution < 1.29 is 19.3 Å². The van der Waals surface area contributed by atoms with Crippen molar-refractivity contribution in [3.05, 3.63) is 42.0 Å². The second-order valence-electron chi connectivity index (χ2n) is 5.03. The van der Waals surface area contributed by atoms with Crippen molar-refractivity contribution >= 4 is 21.5 Å². The highest BCUT2D eigenvalue weighted by molar-refractivity contribution is 6.10. The van der Waals surface area contributed by atoms with Crippen LogP contribution in [0.1, 0.15) is 5.56 Å². The molecule has 0 saturated carbocycles. The van der Waals surface area contributed by atoms with Gasteiger partial charge in [0.15, 0.2) is 11.5 Å². The van der Waals surface area contributed by atoms with E-state index < -0.39 is 0 Å². The molecule has 0 bridgehead atoms. The average molecular weight is 298 g/mol. The smallest absolute Gasteiger partial charge is 0.161 e. The number of rotatable bonds is 4. The fourth-order valence-corrected chi connectivity index (χ4v) is 2.80. The first-order chi connectivity index (χ1) is 10.7. The maximum atomic E-state index is 9.71. The highest BCUT2D eigenvalue weighted by Gasteiger charge is 2.12. The van der Waals surface area contributed by atoms with Crippen LogP contribution < -0.4 is 14.2 Å². The molecule has 0 radical (unpaired) electrons. The summed E-state index contributed by atoms with van der Waals surface area (Å²) in [7, 11) is 4.86. The maximum absolute atomic E-state index is 9.71. The molecule has 0 aliphatic carbocycles. The van der Waals surface area contributed by atoms with Crippen molar-refractivity contribution in [2.45, 2.75) is 6.61 Å². The lowest BCUT2D eigenvalue weighted by molar-refractivity contribution is 0.283. The molecule has 22 heavy (non-hydrogen) atoms. The van der Waals surface area contributed by atoms with Crippen LogP contribution in [0.2, 0.25) is 0 Å². The van der Waals surface area contributed by atoms with Crippen molar-refractivity contribution in [1.29, 1.82) is 0 Å². The second kappa shape index (κ2) is 5.73. The molecule has 0 heterocycles. The number of hydrogen-bond acceptors (Lipinski definition) is 4. The normalized spacial score (nSPS) is 10.9. The van der Waals surface area contributed by atoms with E-state index in [4.69, 9.17) is 14.2 Å². The Morgan fingerprint density at radius 3 is 2.05 bits per heavy atom. The van der Waals surface area contributed by atoms with Gasteiger partial charge in [-0.2, -0.15) is 0 Å². The lowest BCUT2D eigenvalue weighted by atomic mass is 9.96. The lowest BCUT2D eigenvalue weighted by Gasteiger charge is -2.14. The summed E-state index contributed by atoms with van der Waals surface area (Å²) >= 11 is 0. The Morgan fingerprint density at radius 2 is 1.45 bits per heavy atom. The van der Waals surface area contributed by atoms with Gasteiger partial charge in [-0.1, -0.05) is 6.07 Å². The van der Waals surface area contributed by atoms with E-state index in [0.717, 1.165) is 32.9 Å². The van der Waals surface area contributed by atoms with Gasteiger partial charge in [0.2, 0.25) is 0 Å². The van der Waals surface area contributed by atoms with Crippen molar-refractivity contribution in [2.24, 2.45) is 0 Å². The zero-order chi connectivity index (χ0) is 15.7. The molecule has 0 saturated heterocycles. The highest BCUT2D eigenvalue weighted by Crippen LogP contribution is 2.38. The van der Waals surface area contributed by atoms with E-state index in [1.807, 2.05) is 36.4 Å². The number of aliphatic hydroxyl groups excluding tert-OH is 1. The van der Waals surface area contributed by atoms with Crippen LogP contribution in [0.25, 0.3) is 21.5 Å². The Kier molecular flexibility index (Phi) is 3.77. The third-order valence-corrected chi connectivity index (χ3v) is 3.92. The fourth-order valence-electron chi connectivity index (χ4n) is 2.80. The minimum absolute atomic E-state index is 0.0425. The Balaban J connectivity index is 2.43. The number of ether oxygens (including phenoxy) is 3. The van der Waals surface area contributed by atoms with Gasteiger partial charge in [0.25, 0.3) is 0 Å². The van der Waals surface area contributed by atoms with E-state index in [2.05, 4.69) is 0 Å². The number of aliphatic hydroxyl groups is 1. The molecular formula is C18H18O4. The molecule has 0 aliphatic heterocycles. The molecular weight excluding hydrogens is 280 g/mol. The zero-order valence-corrected chi connectivity index (χ0v) is 12.8. The second-order valence-corrected chi connectivity index (χ2v) is 5.03. The molecule has 0 amide bonds. The molecule has 3 aromatic rings. The lowest BCUT2D eigenvalue weighted by Crippen LogP contribution is -1.94. The highest BCUT2D eigenvalue weighted by atomic mass is 16.5. The van der Waals surface area contributed by atoms with E-state index in [1.54, 1.807) is 21.3 Å². The van der Waals surface area contributed by atoms with Crippen molar-refractivity contribution in [3.63, 3.8) is 0 Å². The quantitative estimate of drug-likeness (QED) is 0.749. The SMILES string of the molecule is COc1ccc2c(c1)cc(CO)c1cc(OC)c(OC)cc12. The first-order valence-corrected chi connectivity index (χ1v) is 6.98. The number of fused-ring (bicyclic) bond motifs is 3. The van der Waals surface area contributed by atoms with E-state index in [9.17, 15) is 5.11 Å². The fraction of sp³-hybridized carbons (Fsp3) is 0.222. The van der Waals surface area contributed by atoms with Crippen LogP contribution in [0, 0.1) is 0 Å². The Labute approximate surface area is 128 Å². The Morgan fingerprint density at radius 1 is 0.773 bits per heavy atom. The summed E-state index contributed by atoms with van der Waals surface area (Å²) in [5, 5.41) is 13.8. The summed E-state index contributed by atoms with van der Waals surface area (Å²) in [4.78, 5) is 0. The van der Waals surface area contributed by atoms with Crippen LogP contribution in [0.4, 0.5) is 0 Å². The molecule has 4 heteroatoms. The van der Waals surface area contributed by atoms with Gasteiger partial charge in [-0.05, 0) is 57.4 Å². The molecule has 0 fully saturated rings. The molecule has 0 spiro atoms.